The number of aryl methyl sites for hydroxylation is 1. The van der Waals surface area contributed by atoms with Gasteiger partial charge in [0.25, 0.3) is 0 Å². The summed E-state index contributed by atoms with van der Waals surface area (Å²) in [5, 5.41) is 2.88. The molecule has 0 bridgehead atoms. The molecule has 30 heavy (non-hydrogen) atoms. The van der Waals surface area contributed by atoms with E-state index in [2.05, 4.69) is 38.7 Å². The molecule has 2 aromatic rings. The fourth-order valence-electron chi connectivity index (χ4n) is 3.34. The Labute approximate surface area is 177 Å². The molecule has 0 unspecified atom stereocenters. The van der Waals surface area contributed by atoms with Gasteiger partial charge in [0.2, 0.25) is 5.91 Å². The van der Waals surface area contributed by atoms with Crippen LogP contribution in [0.5, 0.6) is 0 Å². The highest BCUT2D eigenvalue weighted by atomic mass is 16.5. The van der Waals surface area contributed by atoms with Gasteiger partial charge in [-0.1, -0.05) is 13.8 Å². The number of benzene rings is 1. The zero-order valence-electron chi connectivity index (χ0n) is 18.0. The maximum Gasteiger partial charge on any atom is 0.337 e. The van der Waals surface area contributed by atoms with E-state index in [1.807, 2.05) is 13.0 Å². The fraction of sp³-hybridized carbons (Fsp3) is 0.455. The Kier molecular flexibility index (Phi) is 6.99. The van der Waals surface area contributed by atoms with Gasteiger partial charge < -0.3 is 15.0 Å². The summed E-state index contributed by atoms with van der Waals surface area (Å²) in [5.74, 6) is 1.64. The standard InChI is InChI=1S/C22H29N5O3/c1-15(2)21-23-16(3)13-19(25-21)27-11-9-26(10-12-27)14-20(28)24-18-7-5-17(6-8-18)22(29)30-4/h5-8,13,15H,9-12,14H2,1-4H3,(H,24,28). The molecular weight excluding hydrogens is 382 g/mol. The Balaban J connectivity index is 1.51. The summed E-state index contributed by atoms with van der Waals surface area (Å²) >= 11 is 0. The molecule has 0 atom stereocenters. The molecular formula is C22H29N5O3. The molecule has 0 spiro atoms. The van der Waals surface area contributed by atoms with Crippen molar-refractivity contribution in [1.29, 1.82) is 0 Å². The number of hydrogen-bond donors (Lipinski definition) is 1. The Hall–Kier alpha value is -3.00. The van der Waals surface area contributed by atoms with Crippen LogP contribution in [0.3, 0.4) is 0 Å². The normalized spacial score (nSPS) is 14.6. The van der Waals surface area contributed by atoms with Crippen LogP contribution in [0.4, 0.5) is 11.5 Å². The number of esters is 1. The number of ether oxygens (including phenoxy) is 1. The topological polar surface area (TPSA) is 87.7 Å². The number of hydrogen-bond acceptors (Lipinski definition) is 7. The number of carbonyl (C=O) groups excluding carboxylic acids is 2. The van der Waals surface area contributed by atoms with Crippen LogP contribution < -0.4 is 10.2 Å². The molecule has 3 rings (SSSR count). The molecule has 1 aromatic heterocycles. The molecule has 1 aliphatic rings. The molecule has 8 nitrogen and oxygen atoms in total. The van der Waals surface area contributed by atoms with E-state index in [9.17, 15) is 9.59 Å². The minimum atomic E-state index is -0.398. The van der Waals surface area contributed by atoms with Crippen molar-refractivity contribution < 1.29 is 14.3 Å². The van der Waals surface area contributed by atoms with Crippen LogP contribution in [-0.2, 0) is 9.53 Å². The van der Waals surface area contributed by atoms with Gasteiger partial charge in [-0.2, -0.15) is 0 Å². The van der Waals surface area contributed by atoms with E-state index in [4.69, 9.17) is 4.98 Å². The SMILES string of the molecule is COC(=O)c1ccc(NC(=O)CN2CCN(c3cc(C)nc(C(C)C)n3)CC2)cc1. The number of nitrogens with one attached hydrogen (secondary N) is 1. The third-order valence-corrected chi connectivity index (χ3v) is 5.03. The molecule has 0 aliphatic carbocycles. The lowest BCUT2D eigenvalue weighted by molar-refractivity contribution is -0.117. The molecule has 8 heteroatoms. The minimum Gasteiger partial charge on any atom is -0.465 e. The van der Waals surface area contributed by atoms with Crippen LogP contribution in [0.15, 0.2) is 30.3 Å². The number of rotatable bonds is 6. The van der Waals surface area contributed by atoms with Crippen LogP contribution in [0.1, 0.15) is 41.6 Å². The monoisotopic (exact) mass is 411 g/mol. The number of carbonyl (C=O) groups is 2. The van der Waals surface area contributed by atoms with E-state index >= 15 is 0 Å². The van der Waals surface area contributed by atoms with Crippen LogP contribution in [0, 0.1) is 6.92 Å². The minimum absolute atomic E-state index is 0.0748. The smallest absolute Gasteiger partial charge is 0.337 e. The van der Waals surface area contributed by atoms with Gasteiger partial charge in [-0.15, -0.1) is 0 Å². The molecule has 1 amide bonds. The molecule has 0 saturated carbocycles. The van der Waals surface area contributed by atoms with Crippen LogP contribution in [-0.4, -0.2) is 66.6 Å². The maximum absolute atomic E-state index is 12.4. The predicted molar refractivity (Wildman–Crippen MR) is 116 cm³/mol. The van der Waals surface area contributed by atoms with Gasteiger partial charge in [-0.25, -0.2) is 14.8 Å². The molecule has 1 aromatic carbocycles. The molecule has 0 radical (unpaired) electrons. The maximum atomic E-state index is 12.4. The lowest BCUT2D eigenvalue weighted by atomic mass is 10.2. The lowest BCUT2D eigenvalue weighted by Gasteiger charge is -2.35. The number of anilines is 2. The summed E-state index contributed by atoms with van der Waals surface area (Å²) in [6.07, 6.45) is 0. The first-order valence-electron chi connectivity index (χ1n) is 10.2. The lowest BCUT2D eigenvalue weighted by Crippen LogP contribution is -2.49. The first-order valence-corrected chi connectivity index (χ1v) is 10.2. The van der Waals surface area contributed by atoms with Gasteiger partial charge >= 0.3 is 5.97 Å². The molecule has 1 saturated heterocycles. The zero-order valence-corrected chi connectivity index (χ0v) is 18.0. The van der Waals surface area contributed by atoms with Gasteiger partial charge in [-0.3, -0.25) is 9.69 Å². The summed E-state index contributed by atoms with van der Waals surface area (Å²) in [5.41, 5.74) is 2.08. The van der Waals surface area contributed by atoms with Crippen molar-refractivity contribution >= 4 is 23.4 Å². The third-order valence-electron chi connectivity index (χ3n) is 5.03. The fourth-order valence-corrected chi connectivity index (χ4v) is 3.34. The second-order valence-corrected chi connectivity index (χ2v) is 7.76. The van der Waals surface area contributed by atoms with Crippen molar-refractivity contribution in [3.63, 3.8) is 0 Å². The Morgan fingerprint density at radius 3 is 2.37 bits per heavy atom. The van der Waals surface area contributed by atoms with Gasteiger partial charge in [0, 0.05) is 49.5 Å². The molecule has 1 fully saturated rings. The van der Waals surface area contributed by atoms with Crippen molar-refractivity contribution in [3.05, 3.63) is 47.4 Å². The predicted octanol–water partition coefficient (Wildman–Crippen LogP) is 2.46. The summed E-state index contributed by atoms with van der Waals surface area (Å²) in [7, 11) is 1.34. The number of piperazine rings is 1. The quantitative estimate of drug-likeness (QED) is 0.731. The highest BCUT2D eigenvalue weighted by Gasteiger charge is 2.21. The highest BCUT2D eigenvalue weighted by molar-refractivity contribution is 5.94. The summed E-state index contributed by atoms with van der Waals surface area (Å²) in [6.45, 7) is 9.71. The first-order chi connectivity index (χ1) is 14.4. The second-order valence-electron chi connectivity index (χ2n) is 7.76. The molecule has 1 aliphatic heterocycles. The summed E-state index contributed by atoms with van der Waals surface area (Å²) in [4.78, 5) is 37.5. The van der Waals surface area contributed by atoms with Crippen LogP contribution in [0.25, 0.3) is 0 Å². The van der Waals surface area contributed by atoms with E-state index < -0.39 is 5.97 Å². The summed E-state index contributed by atoms with van der Waals surface area (Å²) < 4.78 is 4.68. The average Bonchev–Trinajstić information content (AvgIpc) is 2.73. The van der Waals surface area contributed by atoms with Gasteiger partial charge in [-0.05, 0) is 31.2 Å². The molecule has 1 N–H and O–H groups in total. The van der Waals surface area contributed by atoms with Gasteiger partial charge in [0.1, 0.15) is 11.6 Å². The van der Waals surface area contributed by atoms with Crippen molar-refractivity contribution in [2.24, 2.45) is 0 Å². The zero-order chi connectivity index (χ0) is 21.7. The first kappa shape index (κ1) is 21.7. The van der Waals surface area contributed by atoms with Gasteiger partial charge in [0.05, 0.1) is 19.2 Å². The van der Waals surface area contributed by atoms with E-state index in [0.29, 0.717) is 17.8 Å². The Morgan fingerprint density at radius 1 is 1.10 bits per heavy atom. The number of amides is 1. The van der Waals surface area contributed by atoms with Crippen molar-refractivity contribution in [1.82, 2.24) is 14.9 Å². The van der Waals surface area contributed by atoms with Crippen LogP contribution in [0.2, 0.25) is 0 Å². The van der Waals surface area contributed by atoms with E-state index in [0.717, 1.165) is 43.5 Å². The van der Waals surface area contributed by atoms with Gasteiger partial charge in [0.15, 0.2) is 0 Å². The molecule has 2 heterocycles. The number of nitrogens with zero attached hydrogens (tertiary/aromatic N) is 4. The number of aromatic nitrogens is 2. The average molecular weight is 412 g/mol. The second kappa shape index (κ2) is 9.67. The Bertz CT molecular complexity index is 890. The van der Waals surface area contributed by atoms with E-state index in [1.54, 1.807) is 24.3 Å². The highest BCUT2D eigenvalue weighted by Crippen LogP contribution is 2.19. The van der Waals surface area contributed by atoms with Crippen molar-refractivity contribution in [2.75, 3.05) is 50.1 Å². The van der Waals surface area contributed by atoms with E-state index in [1.165, 1.54) is 7.11 Å². The third kappa shape index (κ3) is 5.54. The summed E-state index contributed by atoms with van der Waals surface area (Å²) in [6, 6.07) is 8.69. The van der Waals surface area contributed by atoms with Crippen molar-refractivity contribution in [2.45, 2.75) is 26.7 Å². The Morgan fingerprint density at radius 2 is 1.77 bits per heavy atom. The molecule has 160 valence electrons. The van der Waals surface area contributed by atoms with Crippen LogP contribution >= 0.6 is 0 Å². The van der Waals surface area contributed by atoms with Crippen molar-refractivity contribution in [3.8, 4) is 0 Å². The number of methoxy groups -OCH3 is 1. The largest absolute Gasteiger partial charge is 0.465 e. The van der Waals surface area contributed by atoms with E-state index in [-0.39, 0.29) is 11.8 Å².